The minimum atomic E-state index is -0.571. The number of anilines is 2. The highest BCUT2D eigenvalue weighted by atomic mass is 32.2. The van der Waals surface area contributed by atoms with Gasteiger partial charge in [-0.3, -0.25) is 4.79 Å². The van der Waals surface area contributed by atoms with E-state index in [4.69, 9.17) is 0 Å². The van der Waals surface area contributed by atoms with Gasteiger partial charge in [-0.2, -0.15) is 0 Å². The van der Waals surface area contributed by atoms with Crippen molar-refractivity contribution in [3.05, 3.63) is 24.0 Å². The lowest BCUT2D eigenvalue weighted by Crippen LogP contribution is -2.30. The molecule has 26 heavy (non-hydrogen) atoms. The van der Waals surface area contributed by atoms with Gasteiger partial charge in [-0.1, -0.05) is 25.6 Å². The van der Waals surface area contributed by atoms with Crippen molar-refractivity contribution in [3.8, 4) is 0 Å². The van der Waals surface area contributed by atoms with Crippen molar-refractivity contribution in [1.82, 2.24) is 25.5 Å². The average Bonchev–Trinajstić information content (AvgIpc) is 2.99. The van der Waals surface area contributed by atoms with E-state index >= 15 is 0 Å². The summed E-state index contributed by atoms with van der Waals surface area (Å²) >= 11 is 1.40. The number of halogens is 1. The van der Waals surface area contributed by atoms with Gasteiger partial charge in [-0.15, -0.1) is 5.10 Å². The molecule has 0 saturated heterocycles. The maximum Gasteiger partial charge on any atom is 0.319 e. The fraction of sp³-hybridized carbons (Fsp3) is 0.400. The largest absolute Gasteiger partial charge is 0.337 e. The van der Waals surface area contributed by atoms with Crippen molar-refractivity contribution in [1.29, 1.82) is 0 Å². The Morgan fingerprint density at radius 2 is 2.08 bits per heavy atom. The van der Waals surface area contributed by atoms with Crippen LogP contribution in [0.5, 0.6) is 0 Å². The Morgan fingerprint density at radius 3 is 2.73 bits per heavy atom. The lowest BCUT2D eigenvalue weighted by atomic mass is 10.2. The molecule has 3 amide bonds. The number of aryl methyl sites for hydroxylation is 1. The number of hydrogen-bond donors (Lipinski definition) is 3. The van der Waals surface area contributed by atoms with Crippen molar-refractivity contribution in [2.45, 2.75) is 19.0 Å². The van der Waals surface area contributed by atoms with Crippen LogP contribution in [0.15, 0.2) is 23.4 Å². The molecule has 140 valence electrons. The molecule has 0 bridgehead atoms. The van der Waals surface area contributed by atoms with E-state index in [0.717, 1.165) is 0 Å². The number of thioether (sulfide) groups is 1. The molecule has 0 fully saturated rings. The molecule has 0 saturated carbocycles. The van der Waals surface area contributed by atoms with Crippen molar-refractivity contribution in [2.24, 2.45) is 13.0 Å². The Kier molecular flexibility index (Phi) is 6.89. The molecule has 0 radical (unpaired) electrons. The first-order valence-corrected chi connectivity index (χ1v) is 8.86. The highest BCUT2D eigenvalue weighted by molar-refractivity contribution is 7.99. The number of benzene rings is 1. The summed E-state index contributed by atoms with van der Waals surface area (Å²) in [5, 5.41) is 19.5. The van der Waals surface area contributed by atoms with Gasteiger partial charge >= 0.3 is 6.03 Å². The van der Waals surface area contributed by atoms with Gasteiger partial charge in [0.05, 0.1) is 5.69 Å². The standard InChI is InChI=1S/C15H20FN7O2S/c1-9(2)13(24)19-12-8-10(4-5-11(12)16)18-14(25)17-6-7-26-15-20-21-22-23(15)3/h4-5,8-9H,6-7H2,1-3H3,(H,19,24)(H2,17,18,25). The summed E-state index contributed by atoms with van der Waals surface area (Å²) in [6.45, 7) is 3.80. The number of aromatic nitrogens is 4. The zero-order valence-electron chi connectivity index (χ0n) is 14.6. The molecule has 11 heteroatoms. The Balaban J connectivity index is 1.82. The number of nitrogens with one attached hydrogen (secondary N) is 3. The number of tetrazole rings is 1. The first kappa shape index (κ1) is 19.6. The summed E-state index contributed by atoms with van der Waals surface area (Å²) in [5.74, 6) is -0.573. The summed E-state index contributed by atoms with van der Waals surface area (Å²) in [4.78, 5) is 23.6. The second kappa shape index (κ2) is 9.13. The highest BCUT2D eigenvalue weighted by Gasteiger charge is 2.12. The Morgan fingerprint density at radius 1 is 1.31 bits per heavy atom. The first-order chi connectivity index (χ1) is 12.4. The molecule has 0 aliphatic heterocycles. The monoisotopic (exact) mass is 381 g/mol. The number of amides is 3. The van der Waals surface area contributed by atoms with E-state index in [1.54, 1.807) is 20.9 Å². The Labute approximate surface area is 154 Å². The molecule has 1 aromatic heterocycles. The quantitative estimate of drug-likeness (QED) is 0.498. The third kappa shape index (κ3) is 5.69. The van der Waals surface area contributed by atoms with E-state index in [0.29, 0.717) is 23.1 Å². The summed E-state index contributed by atoms with van der Waals surface area (Å²) in [7, 11) is 1.73. The Hall–Kier alpha value is -2.69. The van der Waals surface area contributed by atoms with Crippen molar-refractivity contribution >= 4 is 35.1 Å². The molecule has 1 heterocycles. The fourth-order valence-corrected chi connectivity index (χ4v) is 2.51. The van der Waals surface area contributed by atoms with Crippen molar-refractivity contribution in [2.75, 3.05) is 22.9 Å². The van der Waals surface area contributed by atoms with Gasteiger partial charge in [0.15, 0.2) is 0 Å². The summed E-state index contributed by atoms with van der Waals surface area (Å²) in [5.41, 5.74) is 0.389. The van der Waals surface area contributed by atoms with Crippen molar-refractivity contribution in [3.63, 3.8) is 0 Å². The van der Waals surface area contributed by atoms with Gasteiger partial charge < -0.3 is 16.0 Å². The summed E-state index contributed by atoms with van der Waals surface area (Å²) in [6.07, 6.45) is 0. The molecular formula is C15H20FN7O2S. The second-order valence-corrected chi connectivity index (χ2v) is 6.72. The molecule has 0 aliphatic carbocycles. The topological polar surface area (TPSA) is 114 Å². The van der Waals surface area contributed by atoms with Gasteiger partial charge in [-0.05, 0) is 28.6 Å². The molecule has 3 N–H and O–H groups in total. The molecule has 1 aromatic carbocycles. The highest BCUT2D eigenvalue weighted by Crippen LogP contribution is 2.20. The van der Waals surface area contributed by atoms with E-state index in [-0.39, 0.29) is 17.5 Å². The van der Waals surface area contributed by atoms with Crippen LogP contribution in [0.25, 0.3) is 0 Å². The zero-order chi connectivity index (χ0) is 19.1. The molecule has 0 aliphatic rings. The SMILES string of the molecule is CC(C)C(=O)Nc1cc(NC(=O)NCCSc2nnnn2C)ccc1F. The van der Waals surface area contributed by atoms with Crippen LogP contribution in [0.4, 0.5) is 20.6 Å². The smallest absolute Gasteiger partial charge is 0.319 e. The van der Waals surface area contributed by atoms with Crippen LogP contribution in [0, 0.1) is 11.7 Å². The van der Waals surface area contributed by atoms with Gasteiger partial charge in [0.1, 0.15) is 5.82 Å². The maximum absolute atomic E-state index is 13.8. The maximum atomic E-state index is 13.8. The fourth-order valence-electron chi connectivity index (χ4n) is 1.80. The minimum Gasteiger partial charge on any atom is -0.337 e. The van der Waals surface area contributed by atoms with Gasteiger partial charge in [-0.25, -0.2) is 13.9 Å². The molecule has 2 aromatic rings. The Bertz CT molecular complexity index is 781. The number of rotatable bonds is 7. The zero-order valence-corrected chi connectivity index (χ0v) is 15.4. The molecular weight excluding hydrogens is 361 g/mol. The predicted molar refractivity (Wildman–Crippen MR) is 96.4 cm³/mol. The van der Waals surface area contributed by atoms with Crippen LogP contribution < -0.4 is 16.0 Å². The van der Waals surface area contributed by atoms with Crippen LogP contribution in [0.3, 0.4) is 0 Å². The third-order valence-electron chi connectivity index (χ3n) is 3.21. The number of carbonyl (C=O) groups excluding carboxylic acids is 2. The first-order valence-electron chi connectivity index (χ1n) is 7.87. The van der Waals surface area contributed by atoms with Crippen LogP contribution in [0.1, 0.15) is 13.8 Å². The van der Waals surface area contributed by atoms with Crippen LogP contribution >= 0.6 is 11.8 Å². The molecule has 2 rings (SSSR count). The van der Waals surface area contributed by atoms with Gasteiger partial charge in [0, 0.05) is 31.0 Å². The lowest BCUT2D eigenvalue weighted by Gasteiger charge is -2.12. The third-order valence-corrected chi connectivity index (χ3v) is 4.22. The van der Waals surface area contributed by atoms with E-state index < -0.39 is 11.8 Å². The number of nitrogens with zero attached hydrogens (tertiary/aromatic N) is 4. The van der Waals surface area contributed by atoms with Crippen molar-refractivity contribution < 1.29 is 14.0 Å². The molecule has 0 atom stereocenters. The summed E-state index contributed by atoms with van der Waals surface area (Å²) < 4.78 is 15.3. The molecule has 0 spiro atoms. The number of carbonyl (C=O) groups is 2. The minimum absolute atomic E-state index is 0.0202. The second-order valence-electron chi connectivity index (χ2n) is 5.65. The van der Waals surface area contributed by atoms with E-state index in [1.807, 2.05) is 0 Å². The molecule has 9 nitrogen and oxygen atoms in total. The number of urea groups is 1. The normalized spacial score (nSPS) is 10.7. The van der Waals surface area contributed by atoms with Crippen LogP contribution in [-0.2, 0) is 11.8 Å². The van der Waals surface area contributed by atoms with E-state index in [9.17, 15) is 14.0 Å². The molecule has 0 unspecified atom stereocenters. The number of hydrogen-bond acceptors (Lipinski definition) is 6. The predicted octanol–water partition coefficient (Wildman–Crippen LogP) is 1.86. The van der Waals surface area contributed by atoms with E-state index in [2.05, 4.69) is 31.5 Å². The van der Waals surface area contributed by atoms with E-state index in [1.165, 1.54) is 34.6 Å². The van der Waals surface area contributed by atoms with Crippen LogP contribution in [-0.4, -0.2) is 44.4 Å². The van der Waals surface area contributed by atoms with Gasteiger partial charge in [0.25, 0.3) is 0 Å². The van der Waals surface area contributed by atoms with Gasteiger partial charge in [0.2, 0.25) is 11.1 Å². The van der Waals surface area contributed by atoms with Crippen LogP contribution in [0.2, 0.25) is 0 Å². The summed E-state index contributed by atoms with van der Waals surface area (Å²) in [6, 6.07) is 3.53. The lowest BCUT2D eigenvalue weighted by molar-refractivity contribution is -0.118. The average molecular weight is 381 g/mol.